The highest BCUT2D eigenvalue weighted by Gasteiger charge is 2.23. The lowest BCUT2D eigenvalue weighted by Gasteiger charge is -2.29. The van der Waals surface area contributed by atoms with E-state index in [-0.39, 0.29) is 11.2 Å². The number of benzene rings is 1. The first-order chi connectivity index (χ1) is 6.93. The highest BCUT2D eigenvalue weighted by Crippen LogP contribution is 2.30. The first-order valence-electron chi connectivity index (χ1n) is 5.24. The van der Waals surface area contributed by atoms with Crippen LogP contribution in [0.25, 0.3) is 0 Å². The maximum Gasteiger partial charge on any atom is 0.123 e. The van der Waals surface area contributed by atoms with E-state index >= 15 is 0 Å². The number of hydrogen-bond acceptors (Lipinski definition) is 0. The Hall–Kier alpha value is -0.560. The van der Waals surface area contributed by atoms with Crippen LogP contribution in [0, 0.1) is 17.2 Å². The van der Waals surface area contributed by atoms with Gasteiger partial charge in [-0.05, 0) is 35.4 Å². The molecule has 0 heterocycles. The van der Waals surface area contributed by atoms with Crippen LogP contribution in [0.1, 0.15) is 26.3 Å². The van der Waals surface area contributed by atoms with Gasteiger partial charge in [0.2, 0.25) is 0 Å². The topological polar surface area (TPSA) is 0 Å². The van der Waals surface area contributed by atoms with Gasteiger partial charge in [0.25, 0.3) is 0 Å². The molecule has 84 valence electrons. The molecular weight excluding hydrogens is 211 g/mol. The molecule has 0 N–H and O–H groups in total. The van der Waals surface area contributed by atoms with Gasteiger partial charge in [-0.2, -0.15) is 0 Å². The first-order valence-corrected chi connectivity index (χ1v) is 5.77. The van der Waals surface area contributed by atoms with Crippen molar-refractivity contribution < 1.29 is 4.39 Å². The number of rotatable bonds is 3. The molecule has 0 saturated heterocycles. The van der Waals surface area contributed by atoms with E-state index in [2.05, 4.69) is 20.8 Å². The van der Waals surface area contributed by atoms with Gasteiger partial charge in [-0.1, -0.05) is 32.9 Å². The van der Waals surface area contributed by atoms with Crippen LogP contribution in [0.15, 0.2) is 24.3 Å². The second kappa shape index (κ2) is 4.98. The van der Waals surface area contributed by atoms with Gasteiger partial charge in [0.1, 0.15) is 5.82 Å². The summed E-state index contributed by atoms with van der Waals surface area (Å²) in [5.41, 5.74) is 1.18. The van der Waals surface area contributed by atoms with E-state index < -0.39 is 0 Å². The van der Waals surface area contributed by atoms with Crippen molar-refractivity contribution in [1.82, 2.24) is 0 Å². The molecule has 0 fully saturated rings. The van der Waals surface area contributed by atoms with Crippen molar-refractivity contribution in [1.29, 1.82) is 0 Å². The van der Waals surface area contributed by atoms with E-state index in [1.807, 2.05) is 6.07 Å². The maximum absolute atomic E-state index is 13.0. The molecule has 0 bridgehead atoms. The lowest BCUT2D eigenvalue weighted by molar-refractivity contribution is 0.263. The van der Waals surface area contributed by atoms with E-state index in [9.17, 15) is 4.39 Å². The summed E-state index contributed by atoms with van der Waals surface area (Å²) in [7, 11) is 0. The molecule has 0 spiro atoms. The molecule has 1 aromatic carbocycles. The fraction of sp³-hybridized carbons (Fsp3) is 0.538. The summed E-state index contributed by atoms with van der Waals surface area (Å²) < 4.78 is 13.0. The second-order valence-corrected chi connectivity index (χ2v) is 5.36. The van der Waals surface area contributed by atoms with Crippen LogP contribution in [0.2, 0.25) is 0 Å². The lowest BCUT2D eigenvalue weighted by Crippen LogP contribution is -2.24. The maximum atomic E-state index is 13.0. The van der Waals surface area contributed by atoms with E-state index in [4.69, 9.17) is 11.6 Å². The monoisotopic (exact) mass is 228 g/mol. The molecule has 0 radical (unpaired) electrons. The summed E-state index contributed by atoms with van der Waals surface area (Å²) in [6.45, 7) is 6.50. The first kappa shape index (κ1) is 12.5. The van der Waals surface area contributed by atoms with Gasteiger partial charge in [-0.15, -0.1) is 11.6 Å². The molecule has 2 heteroatoms. The Morgan fingerprint density at radius 1 is 1.33 bits per heavy atom. The normalized spacial score (nSPS) is 13.9. The number of hydrogen-bond donors (Lipinski definition) is 0. The van der Waals surface area contributed by atoms with Gasteiger partial charge in [0, 0.05) is 5.88 Å². The van der Waals surface area contributed by atoms with Crippen LogP contribution in [-0.4, -0.2) is 5.88 Å². The van der Waals surface area contributed by atoms with Crippen molar-refractivity contribution in [3.63, 3.8) is 0 Å². The van der Waals surface area contributed by atoms with Crippen LogP contribution in [0.3, 0.4) is 0 Å². The van der Waals surface area contributed by atoms with Crippen molar-refractivity contribution in [3.05, 3.63) is 35.6 Å². The van der Waals surface area contributed by atoms with Crippen molar-refractivity contribution in [3.8, 4) is 0 Å². The minimum atomic E-state index is -0.172. The zero-order chi connectivity index (χ0) is 11.5. The SMILES string of the molecule is CC(C)(C)C(CCl)Cc1cccc(F)c1. The molecule has 0 nitrogen and oxygen atoms in total. The van der Waals surface area contributed by atoms with Gasteiger partial charge < -0.3 is 0 Å². The Balaban J connectivity index is 2.76. The van der Waals surface area contributed by atoms with Crippen LogP contribution >= 0.6 is 11.6 Å². The van der Waals surface area contributed by atoms with Gasteiger partial charge in [-0.25, -0.2) is 4.39 Å². The molecule has 1 unspecified atom stereocenters. The molecule has 1 aromatic rings. The molecule has 0 aliphatic carbocycles. The quantitative estimate of drug-likeness (QED) is 0.678. The van der Waals surface area contributed by atoms with E-state index in [1.165, 1.54) is 6.07 Å². The fourth-order valence-electron chi connectivity index (χ4n) is 1.54. The molecule has 0 amide bonds. The summed E-state index contributed by atoms with van der Waals surface area (Å²) in [4.78, 5) is 0. The standard InChI is InChI=1S/C13H18ClF/c1-13(2,3)11(9-14)7-10-5-4-6-12(15)8-10/h4-6,8,11H,7,9H2,1-3H3. The summed E-state index contributed by atoms with van der Waals surface area (Å²) in [6.07, 6.45) is 0.838. The summed E-state index contributed by atoms with van der Waals surface area (Å²) >= 11 is 5.95. The average Bonchev–Trinajstić information content (AvgIpc) is 2.12. The van der Waals surface area contributed by atoms with Crippen LogP contribution in [0.5, 0.6) is 0 Å². The minimum absolute atomic E-state index is 0.161. The zero-order valence-electron chi connectivity index (χ0n) is 9.56. The third-order valence-corrected chi connectivity index (χ3v) is 3.15. The molecule has 1 rings (SSSR count). The van der Waals surface area contributed by atoms with Crippen molar-refractivity contribution >= 4 is 11.6 Å². The molecule has 0 aromatic heterocycles. The third-order valence-electron chi connectivity index (χ3n) is 2.78. The van der Waals surface area contributed by atoms with Crippen LogP contribution < -0.4 is 0 Å². The van der Waals surface area contributed by atoms with Gasteiger partial charge >= 0.3 is 0 Å². The summed E-state index contributed by atoms with van der Waals surface area (Å²) in [6, 6.07) is 6.76. The molecule has 0 aliphatic heterocycles. The van der Waals surface area contributed by atoms with Crippen molar-refractivity contribution in [2.45, 2.75) is 27.2 Å². The van der Waals surface area contributed by atoms with Gasteiger partial charge in [0.05, 0.1) is 0 Å². The predicted molar refractivity (Wildman–Crippen MR) is 63.8 cm³/mol. The third kappa shape index (κ3) is 3.83. The zero-order valence-corrected chi connectivity index (χ0v) is 10.3. The fourth-order valence-corrected chi connectivity index (χ4v) is 2.11. The Morgan fingerprint density at radius 3 is 2.47 bits per heavy atom. The van der Waals surface area contributed by atoms with E-state index in [0.717, 1.165) is 12.0 Å². The predicted octanol–water partition coefficient (Wildman–Crippen LogP) is 4.27. The molecule has 1 atom stereocenters. The molecular formula is C13H18ClF. The summed E-state index contributed by atoms with van der Waals surface area (Å²) in [5, 5.41) is 0. The second-order valence-electron chi connectivity index (χ2n) is 5.05. The lowest BCUT2D eigenvalue weighted by atomic mass is 9.78. The number of alkyl halides is 1. The average molecular weight is 229 g/mol. The summed E-state index contributed by atoms with van der Waals surface area (Å²) in [5.74, 6) is 0.815. The Labute approximate surface area is 96.5 Å². The molecule has 0 saturated carbocycles. The Morgan fingerprint density at radius 2 is 2.00 bits per heavy atom. The largest absolute Gasteiger partial charge is 0.207 e. The smallest absolute Gasteiger partial charge is 0.123 e. The van der Waals surface area contributed by atoms with Gasteiger partial charge in [0.15, 0.2) is 0 Å². The highest BCUT2D eigenvalue weighted by atomic mass is 35.5. The molecule has 0 aliphatic rings. The Kier molecular flexibility index (Phi) is 4.15. The van der Waals surface area contributed by atoms with Crippen molar-refractivity contribution in [2.24, 2.45) is 11.3 Å². The van der Waals surface area contributed by atoms with E-state index in [1.54, 1.807) is 12.1 Å². The van der Waals surface area contributed by atoms with E-state index in [0.29, 0.717) is 11.8 Å². The molecule has 15 heavy (non-hydrogen) atoms. The minimum Gasteiger partial charge on any atom is -0.207 e. The Bertz CT molecular complexity index is 315. The van der Waals surface area contributed by atoms with Crippen LogP contribution in [-0.2, 0) is 6.42 Å². The number of halogens is 2. The van der Waals surface area contributed by atoms with Crippen molar-refractivity contribution in [2.75, 3.05) is 5.88 Å². The van der Waals surface area contributed by atoms with Gasteiger partial charge in [-0.3, -0.25) is 0 Å². The van der Waals surface area contributed by atoms with Crippen LogP contribution in [0.4, 0.5) is 4.39 Å². The highest BCUT2D eigenvalue weighted by molar-refractivity contribution is 6.18.